The summed E-state index contributed by atoms with van der Waals surface area (Å²) < 4.78 is 0. The molecule has 24 heavy (non-hydrogen) atoms. The molecule has 1 aromatic rings. The van der Waals surface area contributed by atoms with Crippen LogP contribution in [-0.2, 0) is 11.2 Å². The molecule has 4 rings (SSSR count). The summed E-state index contributed by atoms with van der Waals surface area (Å²) in [5.41, 5.74) is 1.32. The van der Waals surface area contributed by atoms with Crippen LogP contribution in [0.2, 0.25) is 0 Å². The van der Waals surface area contributed by atoms with Gasteiger partial charge in [-0.25, -0.2) is 4.98 Å². The minimum atomic E-state index is 0.280. The third kappa shape index (κ3) is 2.43. The van der Waals surface area contributed by atoms with Gasteiger partial charge in [0.25, 0.3) is 0 Å². The van der Waals surface area contributed by atoms with E-state index >= 15 is 0 Å². The van der Waals surface area contributed by atoms with Gasteiger partial charge in [0.15, 0.2) is 0 Å². The van der Waals surface area contributed by atoms with Crippen molar-refractivity contribution in [2.75, 3.05) is 13.6 Å². The highest BCUT2D eigenvalue weighted by atomic mass is 32.1. The van der Waals surface area contributed by atoms with Crippen LogP contribution in [0.15, 0.2) is 0 Å². The van der Waals surface area contributed by atoms with E-state index in [0.29, 0.717) is 30.5 Å². The van der Waals surface area contributed by atoms with Crippen molar-refractivity contribution in [1.82, 2.24) is 14.8 Å². The largest absolute Gasteiger partial charge is 0.337 e. The Morgan fingerprint density at radius 2 is 2.00 bits per heavy atom. The number of piperidine rings is 1. The molecule has 1 amide bonds. The topological polar surface area (TPSA) is 36.4 Å². The molecule has 5 heteroatoms. The van der Waals surface area contributed by atoms with E-state index in [9.17, 15) is 4.79 Å². The summed E-state index contributed by atoms with van der Waals surface area (Å²) in [5, 5.41) is 1.07. The average Bonchev–Trinajstić information content (AvgIpc) is 2.85. The number of fused-ring (bicyclic) bond motifs is 1. The number of carbonyl (C=O) groups is 1. The van der Waals surface area contributed by atoms with Crippen LogP contribution in [0.25, 0.3) is 0 Å². The zero-order valence-electron chi connectivity index (χ0n) is 15.3. The molecule has 0 aromatic carbocycles. The second-order valence-corrected chi connectivity index (χ2v) is 9.60. The number of carbonyl (C=O) groups excluding carboxylic acids is 1. The van der Waals surface area contributed by atoms with E-state index in [1.807, 2.05) is 13.8 Å². The quantitative estimate of drug-likeness (QED) is 0.824. The molecule has 2 saturated heterocycles. The Hall–Kier alpha value is -0.940. The molecule has 2 bridgehead atoms. The first-order valence-electron chi connectivity index (χ1n) is 9.34. The summed E-state index contributed by atoms with van der Waals surface area (Å²) in [6.07, 6.45) is 6.85. The maximum atomic E-state index is 13.2. The third-order valence-electron chi connectivity index (χ3n) is 6.89. The Morgan fingerprint density at radius 3 is 2.67 bits per heavy atom. The molecule has 4 nitrogen and oxygen atoms in total. The molecule has 4 atom stereocenters. The molecule has 3 fully saturated rings. The molecular weight excluding hydrogens is 318 g/mol. The van der Waals surface area contributed by atoms with Gasteiger partial charge in [0.1, 0.15) is 0 Å². The average molecular weight is 348 g/mol. The van der Waals surface area contributed by atoms with Crippen LogP contribution >= 0.6 is 11.3 Å². The molecule has 1 saturated carbocycles. The molecular formula is C19H29N3OS. The SMILES string of the molecule is Cc1nc(C)c(CC(=O)N2C[C@@H]3C[C@@]4(C)[C@H](CCCC[C@@H]24)N3C)s1. The highest BCUT2D eigenvalue weighted by molar-refractivity contribution is 7.11. The molecule has 0 N–H and O–H groups in total. The van der Waals surface area contributed by atoms with E-state index in [0.717, 1.165) is 22.1 Å². The number of hydrogen-bond acceptors (Lipinski definition) is 4. The Kier molecular flexibility index (Phi) is 4.00. The van der Waals surface area contributed by atoms with Gasteiger partial charge in [-0.1, -0.05) is 19.8 Å². The van der Waals surface area contributed by atoms with Crippen LogP contribution in [0.1, 0.15) is 54.6 Å². The van der Waals surface area contributed by atoms with Crippen molar-refractivity contribution in [3.05, 3.63) is 15.6 Å². The Labute approximate surface area is 149 Å². The predicted molar refractivity (Wildman–Crippen MR) is 97.3 cm³/mol. The molecule has 2 aliphatic heterocycles. The lowest BCUT2D eigenvalue weighted by molar-refractivity contribution is -0.138. The maximum absolute atomic E-state index is 13.2. The minimum Gasteiger partial charge on any atom is -0.337 e. The van der Waals surface area contributed by atoms with E-state index in [-0.39, 0.29) is 5.41 Å². The van der Waals surface area contributed by atoms with Gasteiger partial charge < -0.3 is 4.90 Å². The maximum Gasteiger partial charge on any atom is 0.228 e. The van der Waals surface area contributed by atoms with Crippen LogP contribution in [-0.4, -0.2) is 52.4 Å². The standard InChI is InChI=1S/C19H29N3OS/c1-12-15(24-13(2)20-12)9-18(23)22-11-14-10-19(3)16(21(14)4)7-5-6-8-17(19)22/h14,16-17H,5-11H2,1-4H3/t14-,16-,17+,19-/m0/s1. The van der Waals surface area contributed by atoms with Gasteiger partial charge in [-0.3, -0.25) is 9.69 Å². The molecule has 3 heterocycles. The minimum absolute atomic E-state index is 0.280. The number of aryl methyl sites for hydroxylation is 2. The molecule has 3 aliphatic rings. The first-order valence-corrected chi connectivity index (χ1v) is 10.2. The van der Waals surface area contributed by atoms with E-state index in [4.69, 9.17) is 0 Å². The van der Waals surface area contributed by atoms with Gasteiger partial charge in [0, 0.05) is 35.0 Å². The molecule has 1 aliphatic carbocycles. The molecule has 0 spiro atoms. The van der Waals surface area contributed by atoms with Crippen molar-refractivity contribution < 1.29 is 4.79 Å². The van der Waals surface area contributed by atoms with Crippen LogP contribution < -0.4 is 0 Å². The van der Waals surface area contributed by atoms with Crippen LogP contribution in [0.3, 0.4) is 0 Å². The van der Waals surface area contributed by atoms with Crippen molar-refractivity contribution in [2.24, 2.45) is 5.41 Å². The van der Waals surface area contributed by atoms with Gasteiger partial charge in [-0.2, -0.15) is 0 Å². The molecule has 132 valence electrons. The van der Waals surface area contributed by atoms with Crippen molar-refractivity contribution in [3.8, 4) is 0 Å². The van der Waals surface area contributed by atoms with Crippen LogP contribution in [0.4, 0.5) is 0 Å². The summed E-state index contributed by atoms with van der Waals surface area (Å²) in [5.74, 6) is 0.318. The van der Waals surface area contributed by atoms with Gasteiger partial charge >= 0.3 is 0 Å². The highest BCUT2D eigenvalue weighted by Crippen LogP contribution is 2.52. The fourth-order valence-corrected chi connectivity index (χ4v) is 6.64. The number of nitrogens with zero attached hydrogens (tertiary/aromatic N) is 3. The summed E-state index contributed by atoms with van der Waals surface area (Å²) in [4.78, 5) is 23.7. The normalized spacial score (nSPS) is 36.0. The van der Waals surface area contributed by atoms with Gasteiger partial charge in [0.2, 0.25) is 5.91 Å². The molecule has 0 unspecified atom stereocenters. The lowest BCUT2D eigenvalue weighted by Crippen LogP contribution is -2.56. The van der Waals surface area contributed by atoms with Crippen molar-refractivity contribution in [3.63, 3.8) is 0 Å². The summed E-state index contributed by atoms with van der Waals surface area (Å²) in [6.45, 7) is 7.43. The first-order chi connectivity index (χ1) is 11.4. The fourth-order valence-electron chi connectivity index (χ4n) is 5.72. The second-order valence-electron chi connectivity index (χ2n) is 8.31. The molecule has 0 radical (unpaired) electrons. The Balaban J connectivity index is 1.61. The first kappa shape index (κ1) is 16.5. The highest BCUT2D eigenvalue weighted by Gasteiger charge is 2.58. The van der Waals surface area contributed by atoms with Gasteiger partial charge in [0.05, 0.1) is 17.1 Å². The molecule has 1 aromatic heterocycles. The lowest BCUT2D eigenvalue weighted by atomic mass is 9.71. The third-order valence-corrected chi connectivity index (χ3v) is 7.96. The number of amides is 1. The van der Waals surface area contributed by atoms with Gasteiger partial charge in [-0.15, -0.1) is 11.3 Å². The van der Waals surface area contributed by atoms with Crippen molar-refractivity contribution in [1.29, 1.82) is 0 Å². The number of aromatic nitrogens is 1. The zero-order chi connectivity index (χ0) is 17.1. The number of likely N-dealkylation sites (N-methyl/N-ethyl adjacent to an activating group) is 1. The van der Waals surface area contributed by atoms with Crippen LogP contribution in [0, 0.1) is 19.3 Å². The number of hydrogen-bond donors (Lipinski definition) is 0. The zero-order valence-corrected chi connectivity index (χ0v) is 16.2. The smallest absolute Gasteiger partial charge is 0.228 e. The summed E-state index contributed by atoms with van der Waals surface area (Å²) >= 11 is 1.68. The summed E-state index contributed by atoms with van der Waals surface area (Å²) in [6, 6.07) is 1.62. The Bertz CT molecular complexity index is 657. The number of thiazole rings is 1. The number of likely N-dealkylation sites (tertiary alicyclic amines) is 2. The predicted octanol–water partition coefficient (Wildman–Crippen LogP) is 3.17. The van der Waals surface area contributed by atoms with E-state index in [1.54, 1.807) is 11.3 Å². The Morgan fingerprint density at radius 1 is 1.29 bits per heavy atom. The second kappa shape index (κ2) is 5.80. The van der Waals surface area contributed by atoms with Crippen molar-refractivity contribution >= 4 is 17.2 Å². The van der Waals surface area contributed by atoms with Crippen LogP contribution in [0.5, 0.6) is 0 Å². The lowest BCUT2D eigenvalue weighted by Gasteiger charge is -2.46. The van der Waals surface area contributed by atoms with Gasteiger partial charge in [-0.05, 0) is 40.2 Å². The van der Waals surface area contributed by atoms with E-state index in [1.165, 1.54) is 32.1 Å². The fraction of sp³-hybridized carbons (Fsp3) is 0.789. The van der Waals surface area contributed by atoms with Crippen molar-refractivity contribution in [2.45, 2.75) is 77.4 Å². The summed E-state index contributed by atoms with van der Waals surface area (Å²) in [7, 11) is 2.29. The number of rotatable bonds is 2. The van der Waals surface area contributed by atoms with E-state index in [2.05, 4.69) is 28.8 Å². The van der Waals surface area contributed by atoms with E-state index < -0.39 is 0 Å². The monoisotopic (exact) mass is 347 g/mol.